The van der Waals surface area contributed by atoms with Gasteiger partial charge in [-0.2, -0.15) is 0 Å². The number of aliphatic hydroxyl groups excluding tert-OH is 12. The average Bonchev–Trinajstić information content (AvgIpc) is 0.945. The predicted molar refractivity (Wildman–Crippen MR) is 325 cm³/mol. The molecule has 6 fully saturated rings. The molecule has 6 aliphatic heterocycles. The number of hydrogen-bond donors (Lipinski definition) is 21. The van der Waals surface area contributed by atoms with Crippen molar-refractivity contribution < 1.29 is 157 Å². The summed E-state index contributed by atoms with van der Waals surface area (Å²) in [4.78, 5) is 149. The Morgan fingerprint density at radius 2 is 1.16 bits per heavy atom. The summed E-state index contributed by atoms with van der Waals surface area (Å²) < 4.78 is 47.8. The summed E-state index contributed by atoms with van der Waals surface area (Å²) in [6.07, 6.45) is -38.3. The number of aliphatic hydroxyl groups is 12. The van der Waals surface area contributed by atoms with Gasteiger partial charge in [-0.15, -0.1) is 0 Å². The monoisotopic (exact) mass is 1440 g/mol. The van der Waals surface area contributed by atoms with Gasteiger partial charge >= 0.3 is 5.97 Å². The molecule has 6 rings (SSSR count). The maximum atomic E-state index is 14.8. The van der Waals surface area contributed by atoms with Gasteiger partial charge in [0.15, 0.2) is 18.9 Å². The van der Waals surface area contributed by atoms with Crippen molar-refractivity contribution in [3.63, 3.8) is 0 Å². The molecule has 0 aromatic heterocycles. The smallest absolute Gasteiger partial charge is 0.364 e. The van der Waals surface area contributed by atoms with Crippen LogP contribution >= 0.6 is 0 Å². The number of carbonyl (C=O) groups excluding carboxylic acids is 10. The first kappa shape index (κ1) is 82.3. The molecule has 6 heterocycles. The molecule has 568 valence electrons. The maximum absolute atomic E-state index is 14.8. The fourth-order valence-electron chi connectivity index (χ4n) is 12.6. The van der Waals surface area contributed by atoms with E-state index in [1.807, 2.05) is 0 Å². The number of carboxylic acids is 1. The standard InChI is InChI=1S/C58H94N10O32/c1-20(48(59)85)60-50(87)28-10-8-12-67(28)53(90)29-11-9-13-68(29)52(89)21(2)61-51(88)35(66-49(86)27(15-69)62-23(4)73)22(3)94-55-38(65-26(7)76)45(42(82)34(97-55)19-93-54-37(64-25(6)75)43(83)40(80)32(17-71)95-54)98-56-44(84)47(41(81)33(18-72)96-56)100-58(57(91)92)14-30(77)36(63-24(5)74)46(99-58)39(79)31(78)16-70/h20-22,27-47,54-56,69-72,77-84H,8-19H2,1-7H3,(H2,59,85)(H,60,87)(H,61,88)(H,62,73)(H,63,74)(H,64,75)(H,65,76)(H,66,86)(H,91,92)/t20?,21?,22?,27?,28?,29?,30-,31+,32?,33?,34?,35?,36+,37?,38?,39+,40-,41-,42-,43+,44?,45+,46?,47-,54+,55+,56-,58-/m0/s1. The van der Waals surface area contributed by atoms with Crippen LogP contribution in [0.5, 0.6) is 0 Å². The third kappa shape index (κ3) is 19.5. The summed E-state index contributed by atoms with van der Waals surface area (Å²) in [6, 6.07) is -14.1. The molecule has 0 aliphatic carbocycles. The number of nitrogens with zero attached hydrogens (tertiary/aromatic N) is 2. The molecule has 100 heavy (non-hydrogen) atoms. The zero-order valence-electron chi connectivity index (χ0n) is 55.6. The van der Waals surface area contributed by atoms with E-state index in [2.05, 4.69) is 37.2 Å². The van der Waals surface area contributed by atoms with E-state index < -0.39 is 275 Å². The molecule has 42 heteroatoms. The zero-order valence-corrected chi connectivity index (χ0v) is 55.6. The Hall–Kier alpha value is -6.63. The minimum atomic E-state index is -3.31. The summed E-state index contributed by atoms with van der Waals surface area (Å²) in [6.45, 7) is 2.25. The largest absolute Gasteiger partial charge is 0.477 e. The molecule has 0 radical (unpaired) electrons. The molecule has 14 unspecified atom stereocenters. The lowest BCUT2D eigenvalue weighted by atomic mass is 9.88. The van der Waals surface area contributed by atoms with E-state index in [-0.39, 0.29) is 32.4 Å². The van der Waals surface area contributed by atoms with Crippen LogP contribution in [-0.2, 0) is 90.6 Å². The number of nitrogens with one attached hydrogen (secondary N) is 7. The predicted octanol–water partition coefficient (Wildman–Crippen LogP) is -13.2. The van der Waals surface area contributed by atoms with Gasteiger partial charge in [-0.1, -0.05) is 0 Å². The first-order chi connectivity index (χ1) is 46.9. The number of carbonyl (C=O) groups is 11. The number of nitrogens with two attached hydrogens (primary N) is 1. The van der Waals surface area contributed by atoms with Gasteiger partial charge in [-0.05, 0) is 46.5 Å². The van der Waals surface area contributed by atoms with Gasteiger partial charge in [0.05, 0.1) is 51.3 Å². The first-order valence-electron chi connectivity index (χ1n) is 32.2. The van der Waals surface area contributed by atoms with Crippen molar-refractivity contribution >= 4 is 65.0 Å². The van der Waals surface area contributed by atoms with E-state index in [1.165, 1.54) is 23.6 Å². The Bertz CT molecular complexity index is 2890. The van der Waals surface area contributed by atoms with Gasteiger partial charge < -0.3 is 157 Å². The molecular formula is C58H94N10O32. The van der Waals surface area contributed by atoms with Gasteiger partial charge in [0.2, 0.25) is 59.1 Å². The van der Waals surface area contributed by atoms with Crippen molar-refractivity contribution in [1.82, 2.24) is 47.0 Å². The molecule has 6 saturated heterocycles. The highest BCUT2D eigenvalue weighted by Crippen LogP contribution is 2.39. The van der Waals surface area contributed by atoms with Crippen LogP contribution in [0.4, 0.5) is 0 Å². The second-order valence-electron chi connectivity index (χ2n) is 25.3. The summed E-state index contributed by atoms with van der Waals surface area (Å²) in [7, 11) is 0. The van der Waals surface area contributed by atoms with Crippen molar-refractivity contribution in [3.8, 4) is 0 Å². The number of hydrogen-bond acceptors (Lipinski definition) is 31. The van der Waals surface area contributed by atoms with Gasteiger partial charge in [0.1, 0.15) is 128 Å². The summed E-state index contributed by atoms with van der Waals surface area (Å²) in [5.74, 6) is -14.4. The number of aliphatic carboxylic acids is 1. The number of carboxylic acid groups (broad SMARTS) is 1. The van der Waals surface area contributed by atoms with E-state index in [0.717, 1.165) is 34.6 Å². The Labute approximate surface area is 570 Å². The minimum Gasteiger partial charge on any atom is -0.477 e. The Kier molecular flexibility index (Phi) is 29.6. The molecule has 6 aliphatic rings. The number of ether oxygens (including phenoxy) is 8. The number of primary amides is 1. The van der Waals surface area contributed by atoms with Gasteiger partial charge in [-0.3, -0.25) is 47.9 Å². The number of likely N-dealkylation sites (tertiary alicyclic amines) is 2. The zero-order chi connectivity index (χ0) is 74.7. The van der Waals surface area contributed by atoms with Gasteiger partial charge in [0, 0.05) is 47.2 Å². The average molecular weight is 1440 g/mol. The van der Waals surface area contributed by atoms with Gasteiger partial charge in [-0.25, -0.2) is 4.79 Å². The van der Waals surface area contributed by atoms with Crippen molar-refractivity contribution in [3.05, 3.63) is 0 Å². The topological polar surface area (TPSA) is 641 Å². The molecule has 22 N–H and O–H groups in total. The molecule has 0 saturated carbocycles. The molecule has 0 aromatic rings. The molecule has 0 spiro atoms. The highest BCUT2D eigenvalue weighted by atomic mass is 16.8. The SMILES string of the molecule is CC(=O)NC(CO)C(=O)NC(C(=O)NC(C)C(=O)N1CCCC1C(=O)N1CCCC1C(=O)NC(C)C(N)=O)C(C)O[C@@H]1OC(CO[C@@H]2OC(CO)[C@H](O)[C@H](O)C2NC(C)=O)[C@H](O)[C@H](O[C@@H]2OC(CO)[C@H](O)[C@H](O[C@]3(C(=O)O)C[C@H](O)[C@@H](NC(C)=O)C([C@H](O)[C@H](O)CO)O3)C2O)C1NC(C)=O. The normalized spacial score (nSPS) is 35.1. The Morgan fingerprint density at radius 1 is 0.600 bits per heavy atom. The van der Waals surface area contributed by atoms with Crippen LogP contribution in [0, 0.1) is 0 Å². The molecule has 0 aromatic carbocycles. The maximum Gasteiger partial charge on any atom is 0.364 e. The van der Waals surface area contributed by atoms with Crippen molar-refractivity contribution in [2.24, 2.45) is 5.73 Å². The van der Waals surface area contributed by atoms with Crippen LogP contribution in [-0.4, -0.2) is 358 Å². The highest BCUT2D eigenvalue weighted by molar-refractivity contribution is 5.97. The lowest BCUT2D eigenvalue weighted by Gasteiger charge is -2.51. The van der Waals surface area contributed by atoms with Crippen LogP contribution in [0.3, 0.4) is 0 Å². The van der Waals surface area contributed by atoms with Crippen LogP contribution in [0.25, 0.3) is 0 Å². The van der Waals surface area contributed by atoms with Crippen LogP contribution in [0.1, 0.15) is 80.6 Å². The van der Waals surface area contributed by atoms with E-state index in [4.69, 9.17) is 43.6 Å². The Balaban J connectivity index is 1.38. The fraction of sp³-hybridized carbons (Fsp3) is 0.810. The van der Waals surface area contributed by atoms with Crippen LogP contribution < -0.4 is 43.0 Å². The Morgan fingerprint density at radius 3 is 1.73 bits per heavy atom. The second-order valence-corrected chi connectivity index (χ2v) is 25.3. The van der Waals surface area contributed by atoms with Crippen molar-refractivity contribution in [2.75, 3.05) is 46.1 Å². The van der Waals surface area contributed by atoms with Crippen molar-refractivity contribution in [2.45, 2.75) is 251 Å². The third-order valence-corrected chi connectivity index (χ3v) is 17.8. The van der Waals surface area contributed by atoms with Gasteiger partial charge in [0.25, 0.3) is 5.79 Å². The second kappa shape index (κ2) is 36.0. The minimum absolute atomic E-state index is 0.0212. The fourth-order valence-corrected chi connectivity index (χ4v) is 12.6. The lowest BCUT2D eigenvalue weighted by molar-refractivity contribution is -0.382. The number of rotatable bonds is 30. The van der Waals surface area contributed by atoms with E-state index in [1.54, 1.807) is 0 Å². The van der Waals surface area contributed by atoms with E-state index >= 15 is 0 Å². The molecule has 10 amide bonds. The molecule has 0 bridgehead atoms. The highest BCUT2D eigenvalue weighted by Gasteiger charge is 2.61. The molecule has 42 nitrogen and oxygen atoms in total. The first-order valence-corrected chi connectivity index (χ1v) is 32.2. The summed E-state index contributed by atoms with van der Waals surface area (Å²) in [5.41, 5.74) is 5.34. The lowest BCUT2D eigenvalue weighted by Crippen LogP contribution is -2.71. The summed E-state index contributed by atoms with van der Waals surface area (Å²) >= 11 is 0. The van der Waals surface area contributed by atoms with Crippen LogP contribution in [0.15, 0.2) is 0 Å². The quantitative estimate of drug-likeness (QED) is 0.0318. The molecule has 28 atom stereocenters. The van der Waals surface area contributed by atoms with Crippen LogP contribution in [0.2, 0.25) is 0 Å². The number of amides is 10. The van der Waals surface area contributed by atoms with Crippen molar-refractivity contribution in [1.29, 1.82) is 0 Å². The molecular weight excluding hydrogens is 1350 g/mol. The summed E-state index contributed by atoms with van der Waals surface area (Å²) in [5, 5.41) is 159. The van der Waals surface area contributed by atoms with E-state index in [0.29, 0.717) is 6.42 Å². The van der Waals surface area contributed by atoms with E-state index in [9.17, 15) is 119 Å². The third-order valence-electron chi connectivity index (χ3n) is 17.8.